The van der Waals surface area contributed by atoms with E-state index in [-0.39, 0.29) is 17.8 Å². The smallest absolute Gasteiger partial charge is 0.0217 e. The molecule has 1 saturated carbocycles. The van der Waals surface area contributed by atoms with E-state index in [9.17, 15) is 0 Å². The van der Waals surface area contributed by atoms with Crippen molar-refractivity contribution >= 4 is 12.4 Å². The molecule has 1 fully saturated rings. The van der Waals surface area contributed by atoms with Crippen LogP contribution in [0.2, 0.25) is 0 Å². The van der Waals surface area contributed by atoms with Crippen LogP contribution in [0.15, 0.2) is 60.7 Å². The lowest BCUT2D eigenvalue weighted by Gasteiger charge is -2.44. The molecule has 1 atom stereocenters. The molecule has 2 aromatic carbocycles. The minimum absolute atomic E-state index is 0. The van der Waals surface area contributed by atoms with Crippen molar-refractivity contribution in [1.82, 2.24) is 4.90 Å². The molecule has 0 bridgehead atoms. The van der Waals surface area contributed by atoms with Gasteiger partial charge in [-0.15, -0.1) is 12.4 Å². The van der Waals surface area contributed by atoms with Crippen LogP contribution in [0.1, 0.15) is 36.8 Å². The molecule has 0 aromatic heterocycles. The lowest BCUT2D eigenvalue weighted by atomic mass is 9.64. The minimum atomic E-state index is 0. The van der Waals surface area contributed by atoms with Gasteiger partial charge in [-0.25, -0.2) is 0 Å². The van der Waals surface area contributed by atoms with Crippen LogP contribution in [0.4, 0.5) is 0 Å². The monoisotopic (exact) mass is 315 g/mol. The third-order valence-electron chi connectivity index (χ3n) is 5.11. The van der Waals surface area contributed by atoms with Crippen molar-refractivity contribution in [3.8, 4) is 0 Å². The summed E-state index contributed by atoms with van der Waals surface area (Å²) in [6.45, 7) is 0. The number of hydrogen-bond acceptors (Lipinski definition) is 1. The standard InChI is InChI=1S/C20H25N.ClH/c1-21(2)19-14-9-15-20(16-19,17-10-5-3-6-11-17)18-12-7-4-8-13-18;/h3-8,10-13,19H,9,14-16H2,1-2H3;1H. The second-order valence-electron chi connectivity index (χ2n) is 6.53. The average Bonchev–Trinajstić information content (AvgIpc) is 2.56. The largest absolute Gasteiger partial charge is 0.306 e. The van der Waals surface area contributed by atoms with Gasteiger partial charge in [0.1, 0.15) is 0 Å². The summed E-state index contributed by atoms with van der Waals surface area (Å²) in [6, 6.07) is 22.9. The minimum Gasteiger partial charge on any atom is -0.306 e. The summed E-state index contributed by atoms with van der Waals surface area (Å²) in [7, 11) is 4.44. The Bertz CT molecular complexity index is 525. The van der Waals surface area contributed by atoms with Crippen LogP contribution < -0.4 is 0 Å². The molecule has 0 aliphatic heterocycles. The highest BCUT2D eigenvalue weighted by Gasteiger charge is 2.39. The van der Waals surface area contributed by atoms with Gasteiger partial charge in [0.05, 0.1) is 0 Å². The molecule has 22 heavy (non-hydrogen) atoms. The van der Waals surface area contributed by atoms with E-state index in [2.05, 4.69) is 79.7 Å². The van der Waals surface area contributed by atoms with E-state index in [1.54, 1.807) is 0 Å². The van der Waals surface area contributed by atoms with Crippen LogP contribution in [-0.4, -0.2) is 25.0 Å². The predicted molar refractivity (Wildman–Crippen MR) is 96.9 cm³/mol. The fraction of sp³-hybridized carbons (Fsp3) is 0.400. The fourth-order valence-electron chi connectivity index (χ4n) is 3.89. The summed E-state index contributed by atoms with van der Waals surface area (Å²) in [4.78, 5) is 2.40. The maximum Gasteiger partial charge on any atom is 0.0217 e. The Hall–Kier alpha value is -1.31. The highest BCUT2D eigenvalue weighted by atomic mass is 35.5. The molecule has 118 valence electrons. The van der Waals surface area contributed by atoms with Crippen molar-refractivity contribution in [2.75, 3.05) is 14.1 Å². The second-order valence-corrected chi connectivity index (χ2v) is 6.53. The van der Waals surface area contributed by atoms with Crippen molar-refractivity contribution in [2.45, 2.75) is 37.1 Å². The van der Waals surface area contributed by atoms with E-state index in [1.165, 1.54) is 36.8 Å². The van der Waals surface area contributed by atoms with Crippen molar-refractivity contribution in [2.24, 2.45) is 0 Å². The molecule has 0 N–H and O–H groups in total. The lowest BCUT2D eigenvalue weighted by Crippen LogP contribution is -2.42. The van der Waals surface area contributed by atoms with Gasteiger partial charge in [-0.2, -0.15) is 0 Å². The zero-order valence-corrected chi connectivity index (χ0v) is 14.4. The lowest BCUT2D eigenvalue weighted by molar-refractivity contribution is 0.180. The molecular weight excluding hydrogens is 290 g/mol. The van der Waals surface area contributed by atoms with Crippen LogP contribution in [0.25, 0.3) is 0 Å². The molecule has 1 nitrogen and oxygen atoms in total. The zero-order chi connectivity index (χ0) is 14.7. The first kappa shape index (κ1) is 17.1. The van der Waals surface area contributed by atoms with Crippen LogP contribution in [0.3, 0.4) is 0 Å². The van der Waals surface area contributed by atoms with Gasteiger partial charge in [-0.1, -0.05) is 67.1 Å². The topological polar surface area (TPSA) is 3.24 Å². The van der Waals surface area contributed by atoms with E-state index < -0.39 is 0 Å². The van der Waals surface area contributed by atoms with Gasteiger partial charge in [0.2, 0.25) is 0 Å². The van der Waals surface area contributed by atoms with E-state index in [1.807, 2.05) is 0 Å². The SMILES string of the molecule is CN(C)C1CCCC(c2ccccc2)(c2ccccc2)C1.Cl. The Morgan fingerprint density at radius 1 is 0.864 bits per heavy atom. The van der Waals surface area contributed by atoms with Gasteiger partial charge in [0, 0.05) is 11.5 Å². The zero-order valence-electron chi connectivity index (χ0n) is 13.5. The summed E-state index contributed by atoms with van der Waals surface area (Å²) in [5.74, 6) is 0. The normalized spacial score (nSPS) is 20.4. The molecule has 3 rings (SSSR count). The Morgan fingerprint density at radius 3 is 1.82 bits per heavy atom. The molecule has 0 heterocycles. The number of halogens is 1. The molecule has 2 heteroatoms. The molecule has 1 unspecified atom stereocenters. The summed E-state index contributed by atoms with van der Waals surface area (Å²) in [6.07, 6.45) is 5.08. The summed E-state index contributed by atoms with van der Waals surface area (Å²) >= 11 is 0. The van der Waals surface area contributed by atoms with Gasteiger partial charge in [0.15, 0.2) is 0 Å². The Kier molecular flexibility index (Phi) is 5.66. The number of benzene rings is 2. The number of rotatable bonds is 3. The van der Waals surface area contributed by atoms with Gasteiger partial charge in [-0.3, -0.25) is 0 Å². The first-order chi connectivity index (χ1) is 10.2. The van der Waals surface area contributed by atoms with Crippen molar-refractivity contribution in [1.29, 1.82) is 0 Å². The van der Waals surface area contributed by atoms with Gasteiger partial charge in [-0.05, 0) is 44.5 Å². The highest BCUT2D eigenvalue weighted by Crippen LogP contribution is 2.45. The van der Waals surface area contributed by atoms with E-state index in [0.29, 0.717) is 6.04 Å². The Balaban J connectivity index is 0.00000176. The fourth-order valence-corrected chi connectivity index (χ4v) is 3.89. The molecule has 2 aromatic rings. The first-order valence-electron chi connectivity index (χ1n) is 8.00. The van der Waals surface area contributed by atoms with Gasteiger partial charge in [0.25, 0.3) is 0 Å². The van der Waals surface area contributed by atoms with Crippen LogP contribution >= 0.6 is 12.4 Å². The maximum absolute atomic E-state index is 2.40. The van der Waals surface area contributed by atoms with Crippen LogP contribution in [0.5, 0.6) is 0 Å². The van der Waals surface area contributed by atoms with Crippen molar-refractivity contribution in [3.05, 3.63) is 71.8 Å². The summed E-state index contributed by atoms with van der Waals surface area (Å²) < 4.78 is 0. The third-order valence-corrected chi connectivity index (χ3v) is 5.11. The molecule has 0 amide bonds. The molecule has 1 aliphatic carbocycles. The Morgan fingerprint density at radius 2 is 1.36 bits per heavy atom. The first-order valence-corrected chi connectivity index (χ1v) is 8.00. The van der Waals surface area contributed by atoms with Gasteiger partial charge < -0.3 is 4.90 Å². The van der Waals surface area contributed by atoms with Crippen molar-refractivity contribution in [3.63, 3.8) is 0 Å². The molecule has 0 spiro atoms. The van der Waals surface area contributed by atoms with E-state index >= 15 is 0 Å². The number of nitrogens with zero attached hydrogens (tertiary/aromatic N) is 1. The third kappa shape index (κ3) is 3.21. The van der Waals surface area contributed by atoms with E-state index in [4.69, 9.17) is 0 Å². The van der Waals surface area contributed by atoms with E-state index in [0.717, 1.165) is 0 Å². The van der Waals surface area contributed by atoms with Crippen molar-refractivity contribution < 1.29 is 0 Å². The predicted octanol–water partition coefficient (Wildman–Crippen LogP) is 4.90. The highest BCUT2D eigenvalue weighted by molar-refractivity contribution is 5.85. The number of hydrogen-bond donors (Lipinski definition) is 0. The second kappa shape index (κ2) is 7.30. The molecule has 0 saturated heterocycles. The Labute approximate surface area is 140 Å². The quantitative estimate of drug-likeness (QED) is 0.778. The molecule has 1 aliphatic rings. The van der Waals surface area contributed by atoms with Crippen LogP contribution in [0, 0.1) is 0 Å². The molecular formula is C20H26ClN. The summed E-state index contributed by atoms with van der Waals surface area (Å²) in [5, 5.41) is 0. The average molecular weight is 316 g/mol. The van der Waals surface area contributed by atoms with Crippen LogP contribution in [-0.2, 0) is 5.41 Å². The van der Waals surface area contributed by atoms with Gasteiger partial charge >= 0.3 is 0 Å². The maximum atomic E-state index is 2.40. The molecule has 0 radical (unpaired) electrons. The summed E-state index contributed by atoms with van der Waals surface area (Å²) in [5.41, 5.74) is 3.13.